The van der Waals surface area contributed by atoms with Gasteiger partial charge in [0.1, 0.15) is 5.69 Å². The monoisotopic (exact) mass is 269 g/mol. The molecular weight excluding hydrogens is 258 g/mol. The third-order valence-corrected chi connectivity index (χ3v) is 2.40. The van der Waals surface area contributed by atoms with Crippen molar-refractivity contribution in [2.45, 2.75) is 13.0 Å². The van der Waals surface area contributed by atoms with E-state index in [0.717, 1.165) is 0 Å². The van der Waals surface area contributed by atoms with Crippen molar-refractivity contribution in [3.63, 3.8) is 0 Å². The maximum absolute atomic E-state index is 11.4. The highest BCUT2D eigenvalue weighted by atomic mass is 35.5. The smallest absolute Gasteiger partial charge is 0.337 e. The highest BCUT2D eigenvalue weighted by Gasteiger charge is 2.27. The van der Waals surface area contributed by atoms with Crippen molar-refractivity contribution in [1.29, 1.82) is 0 Å². The molecule has 0 amide bonds. The van der Waals surface area contributed by atoms with E-state index in [1.165, 1.54) is 20.2 Å². The van der Waals surface area contributed by atoms with Crippen LogP contribution in [0.3, 0.4) is 0 Å². The lowest BCUT2D eigenvalue weighted by molar-refractivity contribution is -0.147. The molecule has 0 fully saturated rings. The Morgan fingerprint density at radius 3 is 2.67 bits per heavy atom. The second kappa shape index (κ2) is 6.16. The molecule has 0 saturated carbocycles. The molecule has 0 radical (unpaired) electrons. The van der Waals surface area contributed by atoms with Crippen LogP contribution in [0.4, 0.5) is 0 Å². The van der Waals surface area contributed by atoms with E-state index in [1.807, 2.05) is 0 Å². The number of rotatable bonds is 4. The molecule has 0 saturated heterocycles. The summed E-state index contributed by atoms with van der Waals surface area (Å²) in [6, 6.07) is 3.20. The van der Waals surface area contributed by atoms with E-state index in [-0.39, 0.29) is 16.3 Å². The number of esters is 2. The van der Waals surface area contributed by atoms with Gasteiger partial charge in [0, 0.05) is 13.1 Å². The molecule has 1 aromatic heterocycles. The maximum atomic E-state index is 11.4. The first-order valence-electron chi connectivity index (χ1n) is 5.02. The predicted octanol–water partition coefficient (Wildman–Crippen LogP) is 2.07. The zero-order valence-corrected chi connectivity index (χ0v) is 10.7. The van der Waals surface area contributed by atoms with Crippen molar-refractivity contribution in [1.82, 2.24) is 4.98 Å². The number of aromatic nitrogens is 1. The summed E-state index contributed by atoms with van der Waals surface area (Å²) in [6.07, 6.45) is 0.422. The number of carbonyl (C=O) groups is 2. The van der Waals surface area contributed by atoms with E-state index in [1.54, 1.807) is 12.1 Å². The highest BCUT2D eigenvalue weighted by molar-refractivity contribution is 6.31. The molecule has 1 heterocycles. The summed E-state index contributed by atoms with van der Waals surface area (Å²) in [6.45, 7) is 4.76. The van der Waals surface area contributed by atoms with E-state index in [2.05, 4.69) is 16.3 Å². The van der Waals surface area contributed by atoms with Gasteiger partial charge in [0.2, 0.25) is 0 Å². The number of carbonyl (C=O) groups excluding carboxylic acids is 2. The summed E-state index contributed by atoms with van der Waals surface area (Å²) < 4.78 is 9.55. The van der Waals surface area contributed by atoms with Gasteiger partial charge < -0.3 is 9.47 Å². The number of pyridine rings is 1. The first-order valence-corrected chi connectivity index (χ1v) is 5.40. The average molecular weight is 270 g/mol. The van der Waals surface area contributed by atoms with Crippen molar-refractivity contribution in [2.75, 3.05) is 7.11 Å². The number of hydrogen-bond acceptors (Lipinski definition) is 5. The number of ether oxygens (including phenoxy) is 2. The van der Waals surface area contributed by atoms with Crippen LogP contribution in [-0.2, 0) is 19.1 Å². The second-order valence-electron chi connectivity index (χ2n) is 3.38. The number of methoxy groups -OCH3 is 1. The van der Waals surface area contributed by atoms with Gasteiger partial charge in [0.05, 0.1) is 17.7 Å². The van der Waals surface area contributed by atoms with Crippen LogP contribution < -0.4 is 0 Å². The molecule has 6 heteroatoms. The fraction of sp³-hybridized carbons (Fsp3) is 0.250. The van der Waals surface area contributed by atoms with Gasteiger partial charge in [-0.05, 0) is 12.1 Å². The third kappa shape index (κ3) is 3.30. The molecule has 1 aromatic rings. The molecular formula is C12H12ClNO4. The Morgan fingerprint density at radius 2 is 2.17 bits per heavy atom. The van der Waals surface area contributed by atoms with Gasteiger partial charge in [0.15, 0.2) is 6.10 Å². The van der Waals surface area contributed by atoms with E-state index in [0.29, 0.717) is 0 Å². The first-order chi connectivity index (χ1) is 8.47. The van der Waals surface area contributed by atoms with Gasteiger partial charge in [-0.1, -0.05) is 18.2 Å². The number of nitrogens with zero attached hydrogens (tertiary/aromatic N) is 1. The van der Waals surface area contributed by atoms with Crippen LogP contribution in [0, 0.1) is 0 Å². The number of halogens is 1. The van der Waals surface area contributed by atoms with Crippen molar-refractivity contribution >= 4 is 23.5 Å². The first kappa shape index (κ1) is 14.2. The molecule has 0 N–H and O–H groups in total. The van der Waals surface area contributed by atoms with Crippen LogP contribution >= 0.6 is 11.6 Å². The van der Waals surface area contributed by atoms with Gasteiger partial charge in [-0.2, -0.15) is 0 Å². The molecule has 0 aliphatic heterocycles. The second-order valence-corrected chi connectivity index (χ2v) is 3.78. The summed E-state index contributed by atoms with van der Waals surface area (Å²) in [5.41, 5.74) is 0.193. The largest absolute Gasteiger partial charge is 0.466 e. The molecule has 18 heavy (non-hydrogen) atoms. The van der Waals surface area contributed by atoms with Crippen LogP contribution in [0.2, 0.25) is 5.02 Å². The summed E-state index contributed by atoms with van der Waals surface area (Å²) >= 11 is 5.95. The van der Waals surface area contributed by atoms with Crippen molar-refractivity contribution in [2.24, 2.45) is 0 Å². The SMILES string of the molecule is C=C(C(=O)OC)C(OC(C)=O)c1ncccc1Cl. The van der Waals surface area contributed by atoms with Crippen LogP contribution in [-0.4, -0.2) is 24.0 Å². The minimum atomic E-state index is -1.05. The van der Waals surface area contributed by atoms with E-state index >= 15 is 0 Å². The summed E-state index contributed by atoms with van der Waals surface area (Å²) in [5, 5.41) is 0.272. The topological polar surface area (TPSA) is 65.5 Å². The molecule has 0 spiro atoms. The van der Waals surface area contributed by atoms with Gasteiger partial charge >= 0.3 is 11.9 Å². The quantitative estimate of drug-likeness (QED) is 0.618. The Labute approximate surface area is 109 Å². The van der Waals surface area contributed by atoms with E-state index in [9.17, 15) is 9.59 Å². The zero-order chi connectivity index (χ0) is 13.7. The molecule has 0 aliphatic rings. The zero-order valence-electron chi connectivity index (χ0n) is 9.97. The van der Waals surface area contributed by atoms with Crippen molar-refractivity contribution < 1.29 is 19.1 Å². The Hall–Kier alpha value is -1.88. The molecule has 5 nitrogen and oxygen atoms in total. The van der Waals surface area contributed by atoms with Gasteiger partial charge in [-0.25, -0.2) is 4.79 Å². The molecule has 0 bridgehead atoms. The van der Waals surface area contributed by atoms with Crippen LogP contribution in [0.25, 0.3) is 0 Å². The summed E-state index contributed by atoms with van der Waals surface area (Å²) in [5.74, 6) is -1.27. The fourth-order valence-electron chi connectivity index (χ4n) is 1.29. The van der Waals surface area contributed by atoms with Crippen LogP contribution in [0.5, 0.6) is 0 Å². The lowest BCUT2D eigenvalue weighted by atomic mass is 10.1. The highest BCUT2D eigenvalue weighted by Crippen LogP contribution is 2.29. The molecule has 0 aromatic carbocycles. The predicted molar refractivity (Wildman–Crippen MR) is 64.9 cm³/mol. The summed E-state index contributed by atoms with van der Waals surface area (Å²) in [7, 11) is 1.21. The number of hydrogen-bond donors (Lipinski definition) is 0. The van der Waals surface area contributed by atoms with Crippen LogP contribution in [0.15, 0.2) is 30.5 Å². The third-order valence-electron chi connectivity index (χ3n) is 2.08. The summed E-state index contributed by atoms with van der Waals surface area (Å²) in [4.78, 5) is 26.5. The molecule has 1 atom stereocenters. The molecule has 1 unspecified atom stereocenters. The van der Waals surface area contributed by atoms with Crippen molar-refractivity contribution in [3.05, 3.63) is 41.2 Å². The molecule has 96 valence electrons. The van der Waals surface area contributed by atoms with Gasteiger partial charge in [-0.15, -0.1) is 0 Å². The maximum Gasteiger partial charge on any atom is 0.337 e. The van der Waals surface area contributed by atoms with Gasteiger partial charge in [-0.3, -0.25) is 9.78 Å². The Kier molecular flexibility index (Phi) is 4.85. The Morgan fingerprint density at radius 1 is 1.50 bits per heavy atom. The Bertz CT molecular complexity index is 487. The average Bonchev–Trinajstić information content (AvgIpc) is 2.35. The molecule has 0 aliphatic carbocycles. The van der Waals surface area contributed by atoms with Crippen molar-refractivity contribution in [3.8, 4) is 0 Å². The Balaban J connectivity index is 3.14. The minimum absolute atomic E-state index is 0.0479. The molecule has 1 rings (SSSR count). The standard InChI is InChI=1S/C12H12ClNO4/c1-7(12(16)17-3)11(18-8(2)15)10-9(13)5-4-6-14-10/h4-6,11H,1H2,2-3H3. The van der Waals surface area contributed by atoms with Crippen LogP contribution in [0.1, 0.15) is 18.7 Å². The lowest BCUT2D eigenvalue weighted by Crippen LogP contribution is -2.18. The van der Waals surface area contributed by atoms with Gasteiger partial charge in [0.25, 0.3) is 0 Å². The van der Waals surface area contributed by atoms with E-state index in [4.69, 9.17) is 16.3 Å². The lowest BCUT2D eigenvalue weighted by Gasteiger charge is -2.18. The van der Waals surface area contributed by atoms with E-state index < -0.39 is 18.0 Å². The fourth-order valence-corrected chi connectivity index (χ4v) is 1.51. The normalized spacial score (nSPS) is 11.5. The minimum Gasteiger partial charge on any atom is -0.466 e.